The van der Waals surface area contributed by atoms with E-state index in [2.05, 4.69) is 30.7 Å². The van der Waals surface area contributed by atoms with Gasteiger partial charge in [0.2, 0.25) is 0 Å². The van der Waals surface area contributed by atoms with Gasteiger partial charge in [0, 0.05) is 5.56 Å². The van der Waals surface area contributed by atoms with Gasteiger partial charge in [-0.3, -0.25) is 5.84 Å². The number of benzene rings is 1. The van der Waals surface area contributed by atoms with Crippen molar-refractivity contribution in [3.05, 3.63) is 28.8 Å². The molecule has 0 bridgehead atoms. The van der Waals surface area contributed by atoms with Gasteiger partial charge < -0.3 is 10.1 Å². The molecule has 0 spiro atoms. The maximum atomic E-state index is 5.46. The van der Waals surface area contributed by atoms with Crippen molar-refractivity contribution in [3.8, 4) is 5.75 Å². The SMILES string of the molecule is CNC(NN)c1cc(C)c(C)cc1OC. The molecule has 0 aliphatic heterocycles. The van der Waals surface area contributed by atoms with Gasteiger partial charge in [-0.05, 0) is 44.2 Å². The van der Waals surface area contributed by atoms with Crippen LogP contribution in [0.2, 0.25) is 0 Å². The third-order valence-electron chi connectivity index (χ3n) is 2.61. The van der Waals surface area contributed by atoms with Crippen LogP contribution >= 0.6 is 0 Å². The lowest BCUT2D eigenvalue weighted by atomic mass is 10.0. The highest BCUT2D eigenvalue weighted by molar-refractivity contribution is 5.43. The standard InChI is InChI=1S/C11H19N3O/c1-7-5-9(11(13-3)14-12)10(15-4)6-8(7)2/h5-6,11,13-14H,12H2,1-4H3. The first kappa shape index (κ1) is 12.0. The minimum absolute atomic E-state index is 0.0979. The van der Waals surface area contributed by atoms with Crippen LogP contribution in [0, 0.1) is 13.8 Å². The summed E-state index contributed by atoms with van der Waals surface area (Å²) >= 11 is 0. The molecule has 4 heteroatoms. The van der Waals surface area contributed by atoms with Gasteiger partial charge in [0.1, 0.15) is 5.75 Å². The fraction of sp³-hybridized carbons (Fsp3) is 0.455. The third kappa shape index (κ3) is 2.47. The quantitative estimate of drug-likeness (QED) is 0.393. The smallest absolute Gasteiger partial charge is 0.125 e. The van der Waals surface area contributed by atoms with Crippen molar-refractivity contribution in [1.29, 1.82) is 0 Å². The largest absolute Gasteiger partial charge is 0.496 e. The van der Waals surface area contributed by atoms with Gasteiger partial charge in [-0.1, -0.05) is 0 Å². The number of aryl methyl sites for hydroxylation is 2. The molecule has 1 unspecified atom stereocenters. The Hall–Kier alpha value is -1.10. The Balaban J connectivity index is 3.20. The summed E-state index contributed by atoms with van der Waals surface area (Å²) in [5.41, 5.74) is 6.15. The summed E-state index contributed by atoms with van der Waals surface area (Å²) in [5.74, 6) is 6.30. The van der Waals surface area contributed by atoms with Crippen LogP contribution in [0.1, 0.15) is 22.9 Å². The van der Waals surface area contributed by atoms with E-state index in [0.717, 1.165) is 11.3 Å². The molecule has 0 aliphatic rings. The van der Waals surface area contributed by atoms with Crippen molar-refractivity contribution < 1.29 is 4.74 Å². The third-order valence-corrected chi connectivity index (χ3v) is 2.61. The van der Waals surface area contributed by atoms with Crippen molar-refractivity contribution in [2.45, 2.75) is 20.0 Å². The summed E-state index contributed by atoms with van der Waals surface area (Å²) in [7, 11) is 3.51. The summed E-state index contributed by atoms with van der Waals surface area (Å²) < 4.78 is 5.33. The van der Waals surface area contributed by atoms with E-state index in [0.29, 0.717) is 0 Å². The molecule has 0 amide bonds. The van der Waals surface area contributed by atoms with E-state index in [1.54, 1.807) is 7.11 Å². The number of hydrogen-bond donors (Lipinski definition) is 3. The van der Waals surface area contributed by atoms with Crippen molar-refractivity contribution >= 4 is 0 Å². The zero-order chi connectivity index (χ0) is 11.4. The summed E-state index contributed by atoms with van der Waals surface area (Å²) in [6, 6.07) is 4.10. The number of ether oxygens (including phenoxy) is 1. The van der Waals surface area contributed by atoms with E-state index in [1.807, 2.05) is 13.1 Å². The second-order valence-electron chi connectivity index (χ2n) is 3.57. The first-order valence-corrected chi connectivity index (χ1v) is 4.92. The molecule has 4 N–H and O–H groups in total. The molecular weight excluding hydrogens is 190 g/mol. The lowest BCUT2D eigenvalue weighted by Gasteiger charge is -2.19. The average Bonchev–Trinajstić information content (AvgIpc) is 2.24. The van der Waals surface area contributed by atoms with Crippen molar-refractivity contribution in [2.24, 2.45) is 5.84 Å². The summed E-state index contributed by atoms with van der Waals surface area (Å²) in [4.78, 5) is 0. The Labute approximate surface area is 90.8 Å². The Morgan fingerprint density at radius 1 is 1.27 bits per heavy atom. The van der Waals surface area contributed by atoms with Crippen LogP contribution < -0.4 is 21.3 Å². The number of nitrogens with one attached hydrogen (secondary N) is 2. The molecule has 15 heavy (non-hydrogen) atoms. The van der Waals surface area contributed by atoms with E-state index in [4.69, 9.17) is 10.6 Å². The molecule has 1 aromatic rings. The normalized spacial score (nSPS) is 12.6. The highest BCUT2D eigenvalue weighted by atomic mass is 16.5. The maximum Gasteiger partial charge on any atom is 0.125 e. The second-order valence-corrected chi connectivity index (χ2v) is 3.57. The van der Waals surface area contributed by atoms with Crippen molar-refractivity contribution in [1.82, 2.24) is 10.7 Å². The highest BCUT2D eigenvalue weighted by Gasteiger charge is 2.13. The number of hydrazine groups is 1. The van der Waals surface area contributed by atoms with E-state index in [1.165, 1.54) is 11.1 Å². The van der Waals surface area contributed by atoms with Crippen molar-refractivity contribution in [2.75, 3.05) is 14.2 Å². The molecule has 4 nitrogen and oxygen atoms in total. The molecule has 1 atom stereocenters. The van der Waals surface area contributed by atoms with Crippen LogP contribution in [-0.4, -0.2) is 14.2 Å². The maximum absolute atomic E-state index is 5.46. The molecule has 0 heterocycles. The average molecular weight is 209 g/mol. The second kappa shape index (κ2) is 5.11. The summed E-state index contributed by atoms with van der Waals surface area (Å²) in [6.07, 6.45) is -0.0979. The molecule has 0 fully saturated rings. The van der Waals surface area contributed by atoms with Gasteiger partial charge in [0.05, 0.1) is 13.3 Å². The van der Waals surface area contributed by atoms with Gasteiger partial charge >= 0.3 is 0 Å². The summed E-state index contributed by atoms with van der Waals surface area (Å²) in [6.45, 7) is 4.13. The fourth-order valence-corrected chi connectivity index (χ4v) is 1.54. The predicted octanol–water partition coefficient (Wildman–Crippen LogP) is 0.993. The van der Waals surface area contributed by atoms with Crippen LogP contribution in [-0.2, 0) is 0 Å². The lowest BCUT2D eigenvalue weighted by molar-refractivity contribution is 0.390. The first-order valence-electron chi connectivity index (χ1n) is 4.92. The Kier molecular flexibility index (Phi) is 4.08. The van der Waals surface area contributed by atoms with Gasteiger partial charge in [-0.15, -0.1) is 0 Å². The highest BCUT2D eigenvalue weighted by Crippen LogP contribution is 2.26. The molecule has 0 saturated heterocycles. The molecule has 1 rings (SSSR count). The van der Waals surface area contributed by atoms with E-state index in [-0.39, 0.29) is 6.17 Å². The van der Waals surface area contributed by atoms with E-state index >= 15 is 0 Å². The van der Waals surface area contributed by atoms with Crippen LogP contribution in [0.5, 0.6) is 5.75 Å². The lowest BCUT2D eigenvalue weighted by Crippen LogP contribution is -2.36. The first-order chi connectivity index (χ1) is 7.13. The zero-order valence-electron chi connectivity index (χ0n) is 9.72. The molecule has 0 aliphatic carbocycles. The molecular formula is C11H19N3O. The van der Waals surface area contributed by atoms with Crippen LogP contribution in [0.4, 0.5) is 0 Å². The minimum atomic E-state index is -0.0979. The van der Waals surface area contributed by atoms with Gasteiger partial charge in [-0.2, -0.15) is 0 Å². The minimum Gasteiger partial charge on any atom is -0.496 e. The molecule has 84 valence electrons. The molecule has 1 aromatic carbocycles. The monoisotopic (exact) mass is 209 g/mol. The zero-order valence-corrected chi connectivity index (χ0v) is 9.72. The van der Waals surface area contributed by atoms with Gasteiger partial charge in [-0.25, -0.2) is 5.43 Å². The van der Waals surface area contributed by atoms with Gasteiger partial charge in [0.25, 0.3) is 0 Å². The molecule has 0 aromatic heterocycles. The Morgan fingerprint density at radius 3 is 2.33 bits per heavy atom. The fourth-order valence-electron chi connectivity index (χ4n) is 1.54. The molecule has 0 saturated carbocycles. The van der Waals surface area contributed by atoms with E-state index in [9.17, 15) is 0 Å². The van der Waals surface area contributed by atoms with Crippen molar-refractivity contribution in [3.63, 3.8) is 0 Å². The summed E-state index contributed by atoms with van der Waals surface area (Å²) in [5, 5.41) is 3.07. The van der Waals surface area contributed by atoms with Gasteiger partial charge in [0.15, 0.2) is 0 Å². The molecule has 0 radical (unpaired) electrons. The van der Waals surface area contributed by atoms with Crippen LogP contribution in [0.15, 0.2) is 12.1 Å². The number of methoxy groups -OCH3 is 1. The van der Waals surface area contributed by atoms with E-state index < -0.39 is 0 Å². The number of rotatable bonds is 4. The van der Waals surface area contributed by atoms with Crippen LogP contribution in [0.3, 0.4) is 0 Å². The number of hydrogen-bond acceptors (Lipinski definition) is 4. The number of nitrogens with two attached hydrogens (primary N) is 1. The Bertz CT molecular complexity index is 335. The Morgan fingerprint density at radius 2 is 1.87 bits per heavy atom. The van der Waals surface area contributed by atoms with Crippen LogP contribution in [0.25, 0.3) is 0 Å². The topological polar surface area (TPSA) is 59.3 Å². The predicted molar refractivity (Wildman–Crippen MR) is 61.6 cm³/mol.